The number of rotatable bonds is 4. The smallest absolute Gasteiger partial charge is 0.134 e. The summed E-state index contributed by atoms with van der Waals surface area (Å²) in [7, 11) is 1.67. The summed E-state index contributed by atoms with van der Waals surface area (Å²) in [6, 6.07) is 16.0. The molecule has 112 valence electrons. The Morgan fingerprint density at radius 1 is 1.09 bits per heavy atom. The summed E-state index contributed by atoms with van der Waals surface area (Å²) in [6.07, 6.45) is 1.80. The van der Waals surface area contributed by atoms with Gasteiger partial charge in [-0.1, -0.05) is 12.1 Å². The molecular weight excluding hydrogens is 274 g/mol. The van der Waals surface area contributed by atoms with Crippen LogP contribution in [0, 0.1) is 0 Å². The second-order valence-corrected chi connectivity index (χ2v) is 5.28. The van der Waals surface area contributed by atoms with Crippen LogP contribution in [0.2, 0.25) is 0 Å². The lowest BCUT2D eigenvalue weighted by molar-refractivity contribution is 0.414. The van der Waals surface area contributed by atoms with Crippen LogP contribution in [-0.4, -0.2) is 12.1 Å². The first-order valence-electron chi connectivity index (χ1n) is 7.22. The zero-order valence-electron chi connectivity index (χ0n) is 12.7. The van der Waals surface area contributed by atoms with Crippen molar-refractivity contribution in [2.24, 2.45) is 0 Å². The number of ether oxygens (including phenoxy) is 1. The fourth-order valence-corrected chi connectivity index (χ4v) is 2.49. The van der Waals surface area contributed by atoms with Gasteiger partial charge in [0.1, 0.15) is 11.6 Å². The van der Waals surface area contributed by atoms with Gasteiger partial charge in [-0.25, -0.2) is 4.98 Å². The molecule has 0 spiro atoms. The van der Waals surface area contributed by atoms with Gasteiger partial charge in [0.25, 0.3) is 0 Å². The van der Waals surface area contributed by atoms with E-state index in [4.69, 9.17) is 10.5 Å². The third-order valence-electron chi connectivity index (χ3n) is 3.76. The molecule has 0 aliphatic carbocycles. The van der Waals surface area contributed by atoms with Gasteiger partial charge in [-0.15, -0.1) is 0 Å². The lowest BCUT2D eigenvalue weighted by Gasteiger charge is -2.17. The fourth-order valence-electron chi connectivity index (χ4n) is 2.49. The molecule has 4 heteroatoms. The molecule has 1 atom stereocenters. The van der Waals surface area contributed by atoms with Crippen molar-refractivity contribution in [1.82, 2.24) is 4.98 Å². The van der Waals surface area contributed by atoms with E-state index in [2.05, 4.69) is 29.4 Å². The second-order valence-electron chi connectivity index (χ2n) is 5.28. The molecule has 0 aliphatic rings. The number of nitrogens with two attached hydrogens (primary N) is 1. The van der Waals surface area contributed by atoms with Gasteiger partial charge in [0.15, 0.2) is 0 Å². The van der Waals surface area contributed by atoms with Crippen molar-refractivity contribution >= 4 is 22.3 Å². The summed E-state index contributed by atoms with van der Waals surface area (Å²) in [6.45, 7) is 2.11. The van der Waals surface area contributed by atoms with Crippen LogP contribution in [0.5, 0.6) is 5.75 Å². The molecule has 1 aromatic heterocycles. The molecule has 3 aromatic rings. The van der Waals surface area contributed by atoms with Gasteiger partial charge >= 0.3 is 0 Å². The Hall–Kier alpha value is -2.75. The molecule has 3 N–H and O–H groups in total. The Morgan fingerprint density at radius 3 is 2.59 bits per heavy atom. The Bertz CT molecular complexity index is 784. The molecule has 0 saturated heterocycles. The number of benzene rings is 2. The molecule has 1 unspecified atom stereocenters. The van der Waals surface area contributed by atoms with Crippen LogP contribution in [-0.2, 0) is 0 Å². The van der Waals surface area contributed by atoms with Gasteiger partial charge in [0, 0.05) is 23.3 Å². The third kappa shape index (κ3) is 2.81. The van der Waals surface area contributed by atoms with Gasteiger partial charge in [-0.05, 0) is 54.3 Å². The average molecular weight is 293 g/mol. The van der Waals surface area contributed by atoms with Crippen molar-refractivity contribution in [3.63, 3.8) is 0 Å². The van der Waals surface area contributed by atoms with Crippen molar-refractivity contribution in [2.45, 2.75) is 13.0 Å². The Balaban J connectivity index is 1.88. The highest BCUT2D eigenvalue weighted by Crippen LogP contribution is 2.27. The summed E-state index contributed by atoms with van der Waals surface area (Å²) >= 11 is 0. The van der Waals surface area contributed by atoms with Gasteiger partial charge in [0.2, 0.25) is 0 Å². The highest BCUT2D eigenvalue weighted by molar-refractivity contribution is 5.93. The lowest BCUT2D eigenvalue weighted by atomic mass is 10.1. The first-order chi connectivity index (χ1) is 10.7. The van der Waals surface area contributed by atoms with Crippen LogP contribution in [0.25, 0.3) is 10.8 Å². The zero-order valence-corrected chi connectivity index (χ0v) is 12.7. The number of anilines is 2. The van der Waals surface area contributed by atoms with Gasteiger partial charge < -0.3 is 15.8 Å². The number of hydrogen-bond acceptors (Lipinski definition) is 4. The molecule has 0 bridgehead atoms. The number of hydrogen-bond donors (Lipinski definition) is 2. The van der Waals surface area contributed by atoms with E-state index in [9.17, 15) is 0 Å². The van der Waals surface area contributed by atoms with Crippen LogP contribution < -0.4 is 15.8 Å². The van der Waals surface area contributed by atoms with E-state index < -0.39 is 0 Å². The molecular formula is C18H19N3O. The predicted molar refractivity (Wildman–Crippen MR) is 91.2 cm³/mol. The fraction of sp³-hybridized carbons (Fsp3) is 0.167. The predicted octanol–water partition coefficient (Wildman–Crippen LogP) is 4.00. The van der Waals surface area contributed by atoms with Gasteiger partial charge in [-0.3, -0.25) is 0 Å². The van der Waals surface area contributed by atoms with Crippen molar-refractivity contribution in [3.05, 3.63) is 60.3 Å². The minimum Gasteiger partial charge on any atom is -0.497 e. The first-order valence-corrected chi connectivity index (χ1v) is 7.22. The molecule has 3 rings (SSSR count). The number of methoxy groups -OCH3 is 1. The van der Waals surface area contributed by atoms with Gasteiger partial charge in [0.05, 0.1) is 7.11 Å². The van der Waals surface area contributed by atoms with Crippen molar-refractivity contribution in [2.75, 3.05) is 18.2 Å². The lowest BCUT2D eigenvalue weighted by Crippen LogP contribution is -2.08. The monoisotopic (exact) mass is 293 g/mol. The summed E-state index contributed by atoms with van der Waals surface area (Å²) < 4.78 is 5.19. The molecule has 0 amide bonds. The van der Waals surface area contributed by atoms with E-state index in [1.54, 1.807) is 13.3 Å². The van der Waals surface area contributed by atoms with Crippen molar-refractivity contribution < 1.29 is 4.74 Å². The van der Waals surface area contributed by atoms with E-state index in [1.807, 2.05) is 36.4 Å². The van der Waals surface area contributed by atoms with E-state index in [0.29, 0.717) is 0 Å². The minimum atomic E-state index is 0.140. The molecule has 0 radical (unpaired) electrons. The maximum absolute atomic E-state index is 5.84. The number of aromatic nitrogens is 1. The summed E-state index contributed by atoms with van der Waals surface area (Å²) in [5, 5.41) is 5.61. The van der Waals surface area contributed by atoms with E-state index in [0.717, 1.165) is 28.0 Å². The number of nitrogens with zero attached hydrogens (tertiary/aromatic N) is 1. The van der Waals surface area contributed by atoms with Gasteiger partial charge in [-0.2, -0.15) is 0 Å². The Kier molecular flexibility index (Phi) is 3.83. The van der Waals surface area contributed by atoms with Crippen molar-refractivity contribution in [3.8, 4) is 5.75 Å². The SMILES string of the molecule is COc1ccc(C(C)Nc2nccc3cc(N)ccc23)cc1. The topological polar surface area (TPSA) is 60.2 Å². The number of nitrogen functional groups attached to an aromatic ring is 1. The van der Waals surface area contributed by atoms with Crippen molar-refractivity contribution in [1.29, 1.82) is 0 Å². The third-order valence-corrected chi connectivity index (χ3v) is 3.76. The van der Waals surface area contributed by atoms with E-state index in [1.165, 1.54) is 5.56 Å². The van der Waals surface area contributed by atoms with E-state index in [-0.39, 0.29) is 6.04 Å². The standard InChI is InChI=1S/C18H19N3O/c1-12(13-3-6-16(22-2)7-4-13)21-18-17-8-5-15(19)11-14(17)9-10-20-18/h3-12H,19H2,1-2H3,(H,20,21). The molecule has 1 heterocycles. The summed E-state index contributed by atoms with van der Waals surface area (Å²) in [4.78, 5) is 4.46. The summed E-state index contributed by atoms with van der Waals surface area (Å²) in [5.74, 6) is 1.72. The highest BCUT2D eigenvalue weighted by Gasteiger charge is 2.09. The Morgan fingerprint density at radius 2 is 1.86 bits per heavy atom. The molecule has 22 heavy (non-hydrogen) atoms. The molecule has 0 aliphatic heterocycles. The molecule has 2 aromatic carbocycles. The quantitative estimate of drug-likeness (QED) is 0.714. The Labute approximate surface area is 129 Å². The second kappa shape index (κ2) is 5.93. The maximum Gasteiger partial charge on any atom is 0.134 e. The average Bonchev–Trinajstić information content (AvgIpc) is 2.55. The zero-order chi connectivity index (χ0) is 15.5. The van der Waals surface area contributed by atoms with Crippen LogP contribution in [0.1, 0.15) is 18.5 Å². The van der Waals surface area contributed by atoms with Crippen LogP contribution in [0.4, 0.5) is 11.5 Å². The molecule has 4 nitrogen and oxygen atoms in total. The van der Waals surface area contributed by atoms with Crippen LogP contribution in [0.3, 0.4) is 0 Å². The van der Waals surface area contributed by atoms with Crippen LogP contribution in [0.15, 0.2) is 54.7 Å². The number of nitrogens with one attached hydrogen (secondary N) is 1. The number of fused-ring (bicyclic) bond motifs is 1. The van der Waals surface area contributed by atoms with E-state index >= 15 is 0 Å². The van der Waals surface area contributed by atoms with Crippen LogP contribution >= 0.6 is 0 Å². The highest BCUT2D eigenvalue weighted by atomic mass is 16.5. The first kappa shape index (κ1) is 14.2. The molecule has 0 saturated carbocycles. The molecule has 0 fully saturated rings. The summed E-state index contributed by atoms with van der Waals surface area (Å²) in [5.41, 5.74) is 7.77. The largest absolute Gasteiger partial charge is 0.497 e. The minimum absolute atomic E-state index is 0.140. The number of pyridine rings is 1. The maximum atomic E-state index is 5.84. The normalized spacial score (nSPS) is 12.1.